The Labute approximate surface area is 151 Å². The monoisotopic (exact) mass is 363 g/mol. The van der Waals surface area contributed by atoms with Crippen LogP contribution in [0.3, 0.4) is 0 Å². The van der Waals surface area contributed by atoms with Gasteiger partial charge in [0.05, 0.1) is 0 Å². The number of benzene rings is 1. The zero-order valence-corrected chi connectivity index (χ0v) is 15.3. The normalized spacial score (nSPS) is 20.0. The lowest BCUT2D eigenvalue weighted by Crippen LogP contribution is -2.40. The number of hydrogen-bond donors (Lipinski definition) is 0. The summed E-state index contributed by atoms with van der Waals surface area (Å²) in [5.74, 6) is 0.230. The summed E-state index contributed by atoms with van der Waals surface area (Å²) in [7, 11) is 5.17. The Balaban J connectivity index is 1.76. The van der Waals surface area contributed by atoms with E-state index in [-0.39, 0.29) is 12.4 Å². The van der Waals surface area contributed by atoms with Gasteiger partial charge in [0.2, 0.25) is 11.6 Å². The van der Waals surface area contributed by atoms with Crippen molar-refractivity contribution < 1.29 is 23.8 Å². The number of nitrogens with zero attached hydrogens (tertiary/aromatic N) is 1. The third kappa shape index (κ3) is 3.64. The maximum atomic E-state index is 12.3. The SMILES string of the molecule is COC(CN(C)CC1CSC2=C(O1)c1ccccc1C(=O)C2=O)OC. The van der Waals surface area contributed by atoms with Gasteiger partial charge in [-0.25, -0.2) is 0 Å². The van der Waals surface area contributed by atoms with Crippen molar-refractivity contribution in [3.8, 4) is 0 Å². The van der Waals surface area contributed by atoms with E-state index < -0.39 is 11.6 Å². The summed E-state index contributed by atoms with van der Waals surface area (Å²) in [5.41, 5.74) is 1.12. The molecule has 0 fully saturated rings. The number of carbonyl (C=O) groups excluding carboxylic acids is 2. The van der Waals surface area contributed by atoms with Crippen molar-refractivity contribution in [1.29, 1.82) is 0 Å². The average molecular weight is 363 g/mol. The maximum absolute atomic E-state index is 12.3. The van der Waals surface area contributed by atoms with Crippen LogP contribution in [0.2, 0.25) is 0 Å². The molecule has 134 valence electrons. The van der Waals surface area contributed by atoms with Gasteiger partial charge >= 0.3 is 0 Å². The first-order valence-electron chi connectivity index (χ1n) is 8.01. The lowest BCUT2D eigenvalue weighted by atomic mass is 9.93. The second-order valence-corrected chi connectivity index (χ2v) is 7.07. The van der Waals surface area contributed by atoms with Gasteiger partial charge in [-0.05, 0) is 7.05 Å². The smallest absolute Gasteiger partial charge is 0.243 e. The molecular weight excluding hydrogens is 342 g/mol. The summed E-state index contributed by atoms with van der Waals surface area (Å²) < 4.78 is 16.5. The van der Waals surface area contributed by atoms with Gasteiger partial charge in [0, 0.05) is 44.2 Å². The van der Waals surface area contributed by atoms with Crippen LogP contribution >= 0.6 is 11.8 Å². The quantitative estimate of drug-likeness (QED) is 0.564. The second-order valence-electron chi connectivity index (χ2n) is 6.04. The standard InChI is InChI=1S/C18H21NO5S/c1-19(9-14(22-2)23-3)8-11-10-25-18-16(21)15(20)12-6-4-5-7-13(12)17(18)24-11/h4-7,11,14H,8-10H2,1-3H3. The van der Waals surface area contributed by atoms with Crippen LogP contribution in [0, 0.1) is 0 Å². The Morgan fingerprint density at radius 2 is 1.88 bits per heavy atom. The van der Waals surface area contributed by atoms with Crippen molar-refractivity contribution in [2.75, 3.05) is 40.1 Å². The van der Waals surface area contributed by atoms with Crippen LogP contribution in [0.1, 0.15) is 15.9 Å². The van der Waals surface area contributed by atoms with E-state index in [2.05, 4.69) is 4.90 Å². The molecule has 3 rings (SSSR count). The number of allylic oxidation sites excluding steroid dienone is 1. The highest BCUT2D eigenvalue weighted by Gasteiger charge is 2.38. The molecule has 1 aromatic rings. The number of hydrogen-bond acceptors (Lipinski definition) is 7. The van der Waals surface area contributed by atoms with E-state index >= 15 is 0 Å². The van der Waals surface area contributed by atoms with E-state index in [0.717, 1.165) is 0 Å². The number of ether oxygens (including phenoxy) is 3. The fourth-order valence-corrected chi connectivity index (χ4v) is 4.01. The van der Waals surface area contributed by atoms with Gasteiger partial charge in [-0.15, -0.1) is 11.8 Å². The molecule has 6 nitrogen and oxygen atoms in total. The lowest BCUT2D eigenvalue weighted by molar-refractivity contribution is -0.115. The third-order valence-corrected chi connectivity index (χ3v) is 5.43. The largest absolute Gasteiger partial charge is 0.486 e. The Hall–Kier alpha value is -1.67. The summed E-state index contributed by atoms with van der Waals surface area (Å²) in [6, 6.07) is 7.10. The summed E-state index contributed by atoms with van der Waals surface area (Å²) in [6.07, 6.45) is -0.386. The fraction of sp³-hybridized carbons (Fsp3) is 0.444. The minimum Gasteiger partial charge on any atom is -0.486 e. The predicted molar refractivity (Wildman–Crippen MR) is 95.3 cm³/mol. The fourth-order valence-electron chi connectivity index (χ4n) is 2.97. The summed E-state index contributed by atoms with van der Waals surface area (Å²) in [6.45, 7) is 1.27. The molecular formula is C18H21NO5S. The minimum absolute atomic E-state index is 0.0860. The number of thioether (sulfide) groups is 1. The van der Waals surface area contributed by atoms with Gasteiger partial charge in [-0.2, -0.15) is 0 Å². The van der Waals surface area contributed by atoms with Crippen LogP contribution in [0.15, 0.2) is 29.2 Å². The highest BCUT2D eigenvalue weighted by atomic mass is 32.2. The molecule has 7 heteroatoms. The van der Waals surface area contributed by atoms with E-state index in [9.17, 15) is 9.59 Å². The summed E-state index contributed by atoms with van der Waals surface area (Å²) in [4.78, 5) is 27.0. The van der Waals surface area contributed by atoms with E-state index in [1.54, 1.807) is 26.4 Å². The molecule has 0 saturated carbocycles. The molecule has 1 aromatic carbocycles. The highest BCUT2D eigenvalue weighted by molar-refractivity contribution is 8.04. The Bertz CT molecular complexity index is 713. The van der Waals surface area contributed by atoms with Gasteiger partial charge < -0.3 is 14.2 Å². The number of likely N-dealkylation sites (N-methyl/N-ethyl adjacent to an activating group) is 1. The number of fused-ring (bicyclic) bond motifs is 2. The first-order chi connectivity index (χ1) is 12.0. The van der Waals surface area contributed by atoms with Crippen LogP contribution in [0.25, 0.3) is 5.76 Å². The Morgan fingerprint density at radius 3 is 2.56 bits per heavy atom. The molecule has 1 aliphatic heterocycles. The molecule has 25 heavy (non-hydrogen) atoms. The van der Waals surface area contributed by atoms with Crippen LogP contribution in [0.4, 0.5) is 0 Å². The molecule has 0 aromatic heterocycles. The molecule has 1 heterocycles. The van der Waals surface area contributed by atoms with Crippen LogP contribution in [0.5, 0.6) is 0 Å². The molecule has 0 N–H and O–H groups in total. The van der Waals surface area contributed by atoms with E-state index in [1.165, 1.54) is 11.8 Å². The molecule has 0 spiro atoms. The molecule has 1 aliphatic carbocycles. The van der Waals surface area contributed by atoms with E-state index in [1.807, 2.05) is 19.2 Å². The van der Waals surface area contributed by atoms with Crippen molar-refractivity contribution in [1.82, 2.24) is 4.90 Å². The van der Waals surface area contributed by atoms with E-state index in [0.29, 0.717) is 40.6 Å². The van der Waals surface area contributed by atoms with Gasteiger partial charge in [-0.3, -0.25) is 14.5 Å². The Kier molecular flexibility index (Phi) is 5.58. The van der Waals surface area contributed by atoms with Gasteiger partial charge in [0.25, 0.3) is 0 Å². The second kappa shape index (κ2) is 7.70. The van der Waals surface area contributed by atoms with Crippen molar-refractivity contribution in [2.45, 2.75) is 12.4 Å². The van der Waals surface area contributed by atoms with Crippen molar-refractivity contribution in [3.63, 3.8) is 0 Å². The number of methoxy groups -OCH3 is 2. The van der Waals surface area contributed by atoms with Crippen LogP contribution in [-0.4, -0.2) is 69.0 Å². The lowest BCUT2D eigenvalue weighted by Gasteiger charge is -2.33. The summed E-state index contributed by atoms with van der Waals surface area (Å²) in [5, 5.41) is 0. The number of carbonyl (C=O) groups is 2. The number of rotatable bonds is 6. The molecule has 0 bridgehead atoms. The van der Waals surface area contributed by atoms with Crippen LogP contribution in [-0.2, 0) is 19.0 Å². The predicted octanol–water partition coefficient (Wildman–Crippen LogP) is 1.80. The van der Waals surface area contributed by atoms with Gasteiger partial charge in [0.1, 0.15) is 16.8 Å². The first kappa shape index (κ1) is 18.1. The average Bonchev–Trinajstić information content (AvgIpc) is 2.64. The first-order valence-corrected chi connectivity index (χ1v) is 9.00. The van der Waals surface area contributed by atoms with Crippen molar-refractivity contribution in [2.24, 2.45) is 0 Å². The summed E-state index contributed by atoms with van der Waals surface area (Å²) >= 11 is 1.40. The molecule has 0 radical (unpaired) electrons. The minimum atomic E-state index is -0.468. The molecule has 1 unspecified atom stereocenters. The number of Topliss-reactive ketones (excluding diaryl/α,β-unsaturated/α-hetero) is 2. The molecule has 1 atom stereocenters. The third-order valence-electron chi connectivity index (χ3n) is 4.23. The zero-order valence-electron chi connectivity index (χ0n) is 14.5. The van der Waals surface area contributed by atoms with Gasteiger partial charge in [-0.1, -0.05) is 24.3 Å². The zero-order chi connectivity index (χ0) is 18.0. The molecule has 0 amide bonds. The Morgan fingerprint density at radius 1 is 1.20 bits per heavy atom. The maximum Gasteiger partial charge on any atom is 0.243 e. The topological polar surface area (TPSA) is 65.1 Å². The van der Waals surface area contributed by atoms with E-state index in [4.69, 9.17) is 14.2 Å². The molecule has 0 saturated heterocycles. The van der Waals surface area contributed by atoms with Crippen LogP contribution < -0.4 is 0 Å². The number of ketones is 2. The molecule has 2 aliphatic rings. The van der Waals surface area contributed by atoms with Gasteiger partial charge in [0.15, 0.2) is 6.29 Å². The van der Waals surface area contributed by atoms with Crippen molar-refractivity contribution in [3.05, 3.63) is 40.3 Å². The van der Waals surface area contributed by atoms with Crippen molar-refractivity contribution >= 4 is 29.1 Å². The highest BCUT2D eigenvalue weighted by Crippen LogP contribution is 2.40.